The average Bonchev–Trinajstić information content (AvgIpc) is 2.41. The Labute approximate surface area is 122 Å². The zero-order valence-corrected chi connectivity index (χ0v) is 11.8. The van der Waals surface area contributed by atoms with E-state index in [1.54, 1.807) is 0 Å². The topological polar surface area (TPSA) is 104 Å². The molecule has 6 heteroatoms. The van der Waals surface area contributed by atoms with E-state index < -0.39 is 34.6 Å². The predicted octanol–water partition coefficient (Wildman–Crippen LogP) is 2.68. The number of benzene rings is 1. The van der Waals surface area contributed by atoms with Crippen molar-refractivity contribution in [2.75, 3.05) is 0 Å². The van der Waals surface area contributed by atoms with Crippen molar-refractivity contribution in [2.24, 2.45) is 0 Å². The van der Waals surface area contributed by atoms with E-state index in [1.807, 2.05) is 6.92 Å². The monoisotopic (exact) mass is 294 g/mol. The minimum atomic E-state index is -1.39. The van der Waals surface area contributed by atoms with E-state index in [0.717, 1.165) is 44.2 Å². The largest absolute Gasteiger partial charge is 0.504 e. The van der Waals surface area contributed by atoms with Crippen molar-refractivity contribution in [1.29, 1.82) is 0 Å². The van der Waals surface area contributed by atoms with Crippen LogP contribution in [0.2, 0.25) is 0 Å². The van der Waals surface area contributed by atoms with Gasteiger partial charge in [-0.05, 0) is 44.7 Å². The summed E-state index contributed by atoms with van der Waals surface area (Å²) in [5.74, 6) is -3.74. The number of hydrogen-bond acceptors (Lipinski definition) is 5. The highest BCUT2D eigenvalue weighted by molar-refractivity contribution is 5.98. The number of aromatic carboxylic acids is 1. The lowest BCUT2D eigenvalue weighted by molar-refractivity contribution is -0.0272. The van der Waals surface area contributed by atoms with Gasteiger partial charge in [0.05, 0.1) is 0 Å². The zero-order valence-electron chi connectivity index (χ0n) is 11.8. The number of carbonyl (C=O) groups excluding carboxylic acids is 1. The van der Waals surface area contributed by atoms with Crippen LogP contribution in [0.3, 0.4) is 0 Å². The number of carboxylic acids is 1. The second-order valence-electron chi connectivity index (χ2n) is 5.56. The summed E-state index contributed by atoms with van der Waals surface area (Å²) < 4.78 is 5.44. The third-order valence-corrected chi connectivity index (χ3v) is 3.85. The summed E-state index contributed by atoms with van der Waals surface area (Å²) in [4.78, 5) is 23.0. The summed E-state index contributed by atoms with van der Waals surface area (Å²) in [6.45, 7) is 1.84. The van der Waals surface area contributed by atoms with E-state index in [-0.39, 0.29) is 5.56 Å². The molecule has 0 amide bonds. The van der Waals surface area contributed by atoms with Crippen molar-refractivity contribution in [3.05, 3.63) is 23.3 Å². The molecule has 0 aliphatic heterocycles. The third-order valence-electron chi connectivity index (χ3n) is 3.85. The molecular formula is C15H18O6. The fraction of sp³-hybridized carbons (Fsp3) is 0.467. The first-order chi connectivity index (χ1) is 9.84. The Morgan fingerprint density at radius 3 is 2.14 bits per heavy atom. The maximum absolute atomic E-state index is 12.1. The van der Waals surface area contributed by atoms with Crippen LogP contribution in [-0.4, -0.2) is 32.9 Å². The van der Waals surface area contributed by atoms with Crippen LogP contribution in [0, 0.1) is 0 Å². The summed E-state index contributed by atoms with van der Waals surface area (Å²) in [6, 6.07) is 2.21. The molecular weight excluding hydrogens is 276 g/mol. The van der Waals surface area contributed by atoms with Crippen LogP contribution in [0.4, 0.5) is 0 Å². The Bertz CT molecular complexity index is 572. The van der Waals surface area contributed by atoms with E-state index >= 15 is 0 Å². The number of ether oxygens (including phenoxy) is 1. The van der Waals surface area contributed by atoms with E-state index in [9.17, 15) is 19.8 Å². The van der Waals surface area contributed by atoms with Gasteiger partial charge in [0, 0.05) is 0 Å². The van der Waals surface area contributed by atoms with Crippen LogP contribution in [-0.2, 0) is 4.74 Å². The number of esters is 1. The molecule has 2 rings (SSSR count). The molecule has 0 aromatic heterocycles. The van der Waals surface area contributed by atoms with E-state index in [1.165, 1.54) is 0 Å². The second-order valence-corrected chi connectivity index (χ2v) is 5.56. The maximum atomic E-state index is 12.1. The molecule has 1 aliphatic carbocycles. The van der Waals surface area contributed by atoms with Crippen LogP contribution in [0.15, 0.2) is 12.1 Å². The standard InChI is InChI=1S/C15H18O6/c1-15(7-3-2-4-8-15)21-14(20)10-6-5-9(13(18)19)11(16)12(10)17/h5-6,16-17H,2-4,7-8H2,1H3,(H,18,19). The molecule has 114 valence electrons. The minimum absolute atomic E-state index is 0.232. The van der Waals surface area contributed by atoms with Crippen molar-refractivity contribution in [3.63, 3.8) is 0 Å². The Balaban J connectivity index is 2.23. The van der Waals surface area contributed by atoms with Gasteiger partial charge in [0.15, 0.2) is 11.5 Å². The molecule has 21 heavy (non-hydrogen) atoms. The van der Waals surface area contributed by atoms with Gasteiger partial charge in [-0.1, -0.05) is 6.42 Å². The number of phenols is 2. The third kappa shape index (κ3) is 3.09. The average molecular weight is 294 g/mol. The number of rotatable bonds is 3. The summed E-state index contributed by atoms with van der Waals surface area (Å²) in [5, 5.41) is 28.3. The molecule has 0 atom stereocenters. The van der Waals surface area contributed by atoms with Crippen LogP contribution in [0.1, 0.15) is 59.7 Å². The smallest absolute Gasteiger partial charge is 0.342 e. The lowest BCUT2D eigenvalue weighted by Crippen LogP contribution is -2.33. The fourth-order valence-corrected chi connectivity index (χ4v) is 2.60. The van der Waals surface area contributed by atoms with E-state index in [0.29, 0.717) is 0 Å². The molecule has 1 fully saturated rings. The molecule has 1 aromatic carbocycles. The maximum Gasteiger partial charge on any atom is 0.342 e. The Morgan fingerprint density at radius 1 is 1.05 bits per heavy atom. The second kappa shape index (κ2) is 5.63. The predicted molar refractivity (Wildman–Crippen MR) is 73.6 cm³/mol. The van der Waals surface area contributed by atoms with Gasteiger partial charge in [0.2, 0.25) is 0 Å². The molecule has 1 aromatic rings. The molecule has 0 saturated heterocycles. The molecule has 0 bridgehead atoms. The van der Waals surface area contributed by atoms with Crippen molar-refractivity contribution < 1.29 is 29.6 Å². The molecule has 1 saturated carbocycles. The summed E-state index contributed by atoms with van der Waals surface area (Å²) in [5.41, 5.74) is -1.28. The van der Waals surface area contributed by atoms with Gasteiger partial charge in [-0.25, -0.2) is 9.59 Å². The lowest BCUT2D eigenvalue weighted by Gasteiger charge is -2.33. The normalized spacial score (nSPS) is 17.2. The first-order valence-corrected chi connectivity index (χ1v) is 6.86. The molecule has 3 N–H and O–H groups in total. The number of hydrogen-bond donors (Lipinski definition) is 3. The Hall–Kier alpha value is -2.24. The molecule has 0 unspecified atom stereocenters. The van der Waals surface area contributed by atoms with Crippen molar-refractivity contribution in [3.8, 4) is 11.5 Å². The molecule has 0 spiro atoms. The Kier molecular flexibility index (Phi) is 4.06. The van der Waals surface area contributed by atoms with Crippen molar-refractivity contribution in [2.45, 2.75) is 44.6 Å². The lowest BCUT2D eigenvalue weighted by atomic mass is 9.86. The highest BCUT2D eigenvalue weighted by atomic mass is 16.6. The number of aromatic hydroxyl groups is 2. The van der Waals surface area contributed by atoms with Gasteiger partial charge in [-0.2, -0.15) is 0 Å². The zero-order chi connectivity index (χ0) is 15.6. The highest BCUT2D eigenvalue weighted by Gasteiger charge is 2.32. The quantitative estimate of drug-likeness (QED) is 0.585. The molecule has 6 nitrogen and oxygen atoms in total. The van der Waals surface area contributed by atoms with Gasteiger partial charge in [0.25, 0.3) is 0 Å². The first-order valence-electron chi connectivity index (χ1n) is 6.86. The van der Waals surface area contributed by atoms with Crippen LogP contribution in [0.5, 0.6) is 11.5 Å². The highest BCUT2D eigenvalue weighted by Crippen LogP contribution is 2.36. The first kappa shape index (κ1) is 15.2. The van der Waals surface area contributed by atoms with Crippen LogP contribution >= 0.6 is 0 Å². The number of carboxylic acid groups (broad SMARTS) is 1. The molecule has 0 heterocycles. The molecule has 1 aliphatic rings. The van der Waals surface area contributed by atoms with Gasteiger partial charge >= 0.3 is 11.9 Å². The number of carbonyl (C=O) groups is 2. The van der Waals surface area contributed by atoms with Gasteiger partial charge in [0.1, 0.15) is 16.7 Å². The molecule has 0 radical (unpaired) electrons. The summed E-state index contributed by atoms with van der Waals surface area (Å²) in [6.07, 6.45) is 4.54. The van der Waals surface area contributed by atoms with Gasteiger partial charge in [-0.3, -0.25) is 0 Å². The van der Waals surface area contributed by atoms with Crippen molar-refractivity contribution >= 4 is 11.9 Å². The summed E-state index contributed by atoms with van der Waals surface area (Å²) in [7, 11) is 0. The van der Waals surface area contributed by atoms with Gasteiger partial charge < -0.3 is 20.1 Å². The number of phenolic OH excluding ortho intramolecular Hbond substituents is 1. The van der Waals surface area contributed by atoms with E-state index in [4.69, 9.17) is 9.84 Å². The Morgan fingerprint density at radius 2 is 1.57 bits per heavy atom. The van der Waals surface area contributed by atoms with E-state index in [2.05, 4.69) is 0 Å². The van der Waals surface area contributed by atoms with Crippen LogP contribution in [0.25, 0.3) is 0 Å². The minimum Gasteiger partial charge on any atom is -0.504 e. The van der Waals surface area contributed by atoms with Gasteiger partial charge in [-0.15, -0.1) is 0 Å². The fourth-order valence-electron chi connectivity index (χ4n) is 2.60. The summed E-state index contributed by atoms with van der Waals surface area (Å²) >= 11 is 0. The van der Waals surface area contributed by atoms with Crippen LogP contribution < -0.4 is 0 Å². The van der Waals surface area contributed by atoms with Crippen molar-refractivity contribution in [1.82, 2.24) is 0 Å². The SMILES string of the molecule is CC1(OC(=O)c2ccc(C(=O)O)c(O)c2O)CCCCC1.